The first-order valence-corrected chi connectivity index (χ1v) is 6.56. The fourth-order valence-electron chi connectivity index (χ4n) is 1.77. The monoisotopic (exact) mass is 338 g/mol. The van der Waals surface area contributed by atoms with Crippen LogP contribution >= 0.6 is 15.9 Å². The number of rotatable bonds is 4. The minimum absolute atomic E-state index is 0.0976. The molecule has 0 saturated heterocycles. The Labute approximate surface area is 123 Å². The number of phenols is 1. The van der Waals surface area contributed by atoms with Crippen LogP contribution in [0.25, 0.3) is 0 Å². The van der Waals surface area contributed by atoms with Crippen molar-refractivity contribution in [2.45, 2.75) is 6.04 Å². The van der Waals surface area contributed by atoms with Gasteiger partial charge < -0.3 is 16.2 Å². The highest BCUT2D eigenvalue weighted by Crippen LogP contribution is 2.28. The van der Waals surface area contributed by atoms with Crippen LogP contribution in [0, 0.1) is 5.82 Å². The predicted molar refractivity (Wildman–Crippen MR) is 77.8 cm³/mol. The first kappa shape index (κ1) is 14.3. The van der Waals surface area contributed by atoms with E-state index in [4.69, 9.17) is 5.73 Å². The first-order valence-electron chi connectivity index (χ1n) is 5.77. The second-order valence-electron chi connectivity index (χ2n) is 4.19. The molecule has 0 heterocycles. The topological polar surface area (TPSA) is 75.4 Å². The molecule has 0 aliphatic heterocycles. The number of nitrogens with two attached hydrogens (primary N) is 1. The maximum Gasteiger partial charge on any atom is 0.244 e. The summed E-state index contributed by atoms with van der Waals surface area (Å²) in [6.07, 6.45) is 0. The van der Waals surface area contributed by atoms with Gasteiger partial charge in [-0.2, -0.15) is 0 Å². The van der Waals surface area contributed by atoms with E-state index in [-0.39, 0.29) is 11.3 Å². The Balaban J connectivity index is 2.34. The molecule has 0 bridgehead atoms. The third-order valence-electron chi connectivity index (χ3n) is 2.74. The number of benzene rings is 2. The van der Waals surface area contributed by atoms with Crippen molar-refractivity contribution in [1.82, 2.24) is 0 Å². The average Bonchev–Trinajstić information content (AvgIpc) is 2.41. The molecule has 4 N–H and O–H groups in total. The SMILES string of the molecule is NC(=O)C(Nc1ccc(Br)cc1)c1cc(F)ccc1O. The molecule has 1 unspecified atom stereocenters. The van der Waals surface area contributed by atoms with E-state index in [0.29, 0.717) is 5.69 Å². The van der Waals surface area contributed by atoms with Gasteiger partial charge in [0.15, 0.2) is 0 Å². The van der Waals surface area contributed by atoms with Gasteiger partial charge in [0, 0.05) is 15.7 Å². The Kier molecular flexibility index (Phi) is 4.24. The molecule has 0 aliphatic rings. The normalized spacial score (nSPS) is 11.9. The van der Waals surface area contributed by atoms with Crippen LogP contribution in [0.4, 0.5) is 10.1 Å². The summed E-state index contributed by atoms with van der Waals surface area (Å²) in [6.45, 7) is 0. The highest BCUT2D eigenvalue weighted by Gasteiger charge is 2.21. The Morgan fingerprint density at radius 2 is 1.90 bits per heavy atom. The van der Waals surface area contributed by atoms with E-state index in [1.54, 1.807) is 24.3 Å². The van der Waals surface area contributed by atoms with Gasteiger partial charge in [-0.05, 0) is 42.5 Å². The molecule has 0 saturated carbocycles. The third kappa shape index (κ3) is 3.27. The van der Waals surface area contributed by atoms with Crippen LogP contribution in [0.3, 0.4) is 0 Å². The molecule has 0 fully saturated rings. The second kappa shape index (κ2) is 5.92. The Morgan fingerprint density at radius 1 is 1.25 bits per heavy atom. The fourth-order valence-corrected chi connectivity index (χ4v) is 2.04. The summed E-state index contributed by atoms with van der Waals surface area (Å²) in [7, 11) is 0. The van der Waals surface area contributed by atoms with Crippen molar-refractivity contribution in [3.05, 3.63) is 58.3 Å². The van der Waals surface area contributed by atoms with Gasteiger partial charge in [-0.25, -0.2) is 4.39 Å². The minimum Gasteiger partial charge on any atom is -0.508 e. The fraction of sp³-hybridized carbons (Fsp3) is 0.0714. The molecule has 0 spiro atoms. The third-order valence-corrected chi connectivity index (χ3v) is 3.27. The minimum atomic E-state index is -1.02. The molecular formula is C14H12BrFN2O2. The molecule has 4 nitrogen and oxygen atoms in total. The van der Waals surface area contributed by atoms with E-state index in [1.807, 2.05) is 0 Å². The van der Waals surface area contributed by atoms with Crippen LogP contribution in [0.1, 0.15) is 11.6 Å². The van der Waals surface area contributed by atoms with Gasteiger partial charge >= 0.3 is 0 Å². The number of primary amides is 1. The van der Waals surface area contributed by atoms with Gasteiger partial charge in [-0.3, -0.25) is 4.79 Å². The van der Waals surface area contributed by atoms with Crippen LogP contribution in [-0.4, -0.2) is 11.0 Å². The van der Waals surface area contributed by atoms with Crippen molar-refractivity contribution >= 4 is 27.5 Å². The number of aromatic hydroxyl groups is 1. The number of hydrogen-bond acceptors (Lipinski definition) is 3. The summed E-state index contributed by atoms with van der Waals surface area (Å²) in [4.78, 5) is 11.6. The zero-order valence-corrected chi connectivity index (χ0v) is 11.9. The summed E-state index contributed by atoms with van der Waals surface area (Å²) >= 11 is 3.30. The summed E-state index contributed by atoms with van der Waals surface area (Å²) < 4.78 is 14.1. The Morgan fingerprint density at radius 3 is 2.50 bits per heavy atom. The number of phenolic OH excluding ortho intramolecular Hbond substituents is 1. The van der Waals surface area contributed by atoms with Crippen LogP contribution < -0.4 is 11.1 Å². The number of anilines is 1. The van der Waals surface area contributed by atoms with Gasteiger partial charge in [0.05, 0.1) is 0 Å². The summed E-state index contributed by atoms with van der Waals surface area (Å²) in [5.41, 5.74) is 6.04. The molecule has 20 heavy (non-hydrogen) atoms. The second-order valence-corrected chi connectivity index (χ2v) is 5.11. The van der Waals surface area contributed by atoms with E-state index in [0.717, 1.165) is 16.6 Å². The maximum atomic E-state index is 13.3. The van der Waals surface area contributed by atoms with E-state index < -0.39 is 17.8 Å². The van der Waals surface area contributed by atoms with E-state index in [1.165, 1.54) is 6.07 Å². The Bertz CT molecular complexity index is 632. The lowest BCUT2D eigenvalue weighted by Crippen LogP contribution is -2.27. The van der Waals surface area contributed by atoms with Crippen LogP contribution in [0.15, 0.2) is 46.9 Å². The van der Waals surface area contributed by atoms with Crippen molar-refractivity contribution in [1.29, 1.82) is 0 Å². The lowest BCUT2D eigenvalue weighted by molar-refractivity contribution is -0.118. The number of hydrogen-bond donors (Lipinski definition) is 3. The van der Waals surface area contributed by atoms with Gasteiger partial charge in [0.25, 0.3) is 0 Å². The summed E-state index contributed by atoms with van der Waals surface area (Å²) in [5.74, 6) is -1.46. The molecule has 0 aliphatic carbocycles. The van der Waals surface area contributed by atoms with Crippen LogP contribution in [0.5, 0.6) is 5.75 Å². The van der Waals surface area contributed by atoms with Crippen molar-refractivity contribution in [3.8, 4) is 5.75 Å². The molecule has 2 rings (SSSR count). The van der Waals surface area contributed by atoms with E-state index >= 15 is 0 Å². The van der Waals surface area contributed by atoms with Crippen molar-refractivity contribution in [2.24, 2.45) is 5.73 Å². The van der Waals surface area contributed by atoms with Gasteiger partial charge in [-0.1, -0.05) is 15.9 Å². The highest BCUT2D eigenvalue weighted by molar-refractivity contribution is 9.10. The lowest BCUT2D eigenvalue weighted by atomic mass is 10.0. The number of carbonyl (C=O) groups is 1. The van der Waals surface area contributed by atoms with Crippen molar-refractivity contribution in [2.75, 3.05) is 5.32 Å². The van der Waals surface area contributed by atoms with E-state index in [9.17, 15) is 14.3 Å². The Hall–Kier alpha value is -2.08. The zero-order chi connectivity index (χ0) is 14.7. The number of carbonyl (C=O) groups excluding carboxylic acids is 1. The molecule has 6 heteroatoms. The average molecular weight is 339 g/mol. The number of halogens is 2. The van der Waals surface area contributed by atoms with Gasteiger partial charge in [-0.15, -0.1) is 0 Å². The van der Waals surface area contributed by atoms with Crippen LogP contribution in [-0.2, 0) is 4.79 Å². The summed E-state index contributed by atoms with van der Waals surface area (Å²) in [5, 5.41) is 12.6. The standard InChI is InChI=1S/C14H12BrFN2O2/c15-8-1-4-10(5-2-8)18-13(14(17)20)11-7-9(16)3-6-12(11)19/h1-7,13,18-19H,(H2,17,20). The molecule has 0 radical (unpaired) electrons. The summed E-state index contributed by atoms with van der Waals surface area (Å²) in [6, 6.07) is 9.38. The van der Waals surface area contributed by atoms with Crippen LogP contribution in [0.2, 0.25) is 0 Å². The quantitative estimate of drug-likeness (QED) is 0.802. The van der Waals surface area contributed by atoms with E-state index in [2.05, 4.69) is 21.2 Å². The smallest absolute Gasteiger partial charge is 0.244 e. The number of amides is 1. The molecular weight excluding hydrogens is 327 g/mol. The molecule has 1 atom stereocenters. The molecule has 104 valence electrons. The molecule has 1 amide bonds. The molecule has 0 aromatic heterocycles. The van der Waals surface area contributed by atoms with Gasteiger partial charge in [0.2, 0.25) is 5.91 Å². The van der Waals surface area contributed by atoms with Gasteiger partial charge in [0.1, 0.15) is 17.6 Å². The van der Waals surface area contributed by atoms with Crippen molar-refractivity contribution in [3.63, 3.8) is 0 Å². The molecule has 2 aromatic rings. The number of nitrogens with one attached hydrogen (secondary N) is 1. The predicted octanol–water partition coefficient (Wildman–Crippen LogP) is 2.93. The lowest BCUT2D eigenvalue weighted by Gasteiger charge is -2.18. The largest absolute Gasteiger partial charge is 0.508 e. The van der Waals surface area contributed by atoms with Crippen molar-refractivity contribution < 1.29 is 14.3 Å². The maximum absolute atomic E-state index is 13.3. The zero-order valence-electron chi connectivity index (χ0n) is 10.3. The first-order chi connectivity index (χ1) is 9.47. The molecule has 2 aromatic carbocycles. The highest BCUT2D eigenvalue weighted by atomic mass is 79.9.